The van der Waals surface area contributed by atoms with Gasteiger partial charge in [0.25, 0.3) is 0 Å². The van der Waals surface area contributed by atoms with Crippen molar-refractivity contribution in [1.29, 1.82) is 0 Å². The SMILES string of the molecule is CCOc1c(F)cc(C=NN)cc1F. The van der Waals surface area contributed by atoms with Crippen molar-refractivity contribution >= 4 is 6.21 Å². The summed E-state index contributed by atoms with van der Waals surface area (Å²) >= 11 is 0. The summed E-state index contributed by atoms with van der Waals surface area (Å²) in [6.07, 6.45) is 1.15. The van der Waals surface area contributed by atoms with E-state index in [9.17, 15) is 8.78 Å². The fourth-order valence-electron chi connectivity index (χ4n) is 1.02. The smallest absolute Gasteiger partial charge is 0.190 e. The van der Waals surface area contributed by atoms with E-state index in [4.69, 9.17) is 10.6 Å². The molecule has 1 aromatic carbocycles. The predicted octanol–water partition coefficient (Wildman–Crippen LogP) is 1.66. The van der Waals surface area contributed by atoms with E-state index in [1.165, 1.54) is 0 Å². The Morgan fingerprint density at radius 1 is 1.43 bits per heavy atom. The number of hydrogen-bond donors (Lipinski definition) is 1. The van der Waals surface area contributed by atoms with Crippen LogP contribution in [-0.2, 0) is 0 Å². The molecule has 1 rings (SSSR count). The summed E-state index contributed by atoms with van der Waals surface area (Å²) in [5, 5.41) is 3.16. The van der Waals surface area contributed by atoms with E-state index >= 15 is 0 Å². The monoisotopic (exact) mass is 200 g/mol. The van der Waals surface area contributed by atoms with Gasteiger partial charge in [-0.3, -0.25) is 0 Å². The molecule has 0 aliphatic rings. The maximum Gasteiger partial charge on any atom is 0.190 e. The minimum atomic E-state index is -0.762. The number of hydrazone groups is 1. The van der Waals surface area contributed by atoms with Crippen LogP contribution in [0.2, 0.25) is 0 Å². The Morgan fingerprint density at radius 3 is 2.43 bits per heavy atom. The molecule has 0 spiro atoms. The molecule has 0 radical (unpaired) electrons. The van der Waals surface area contributed by atoms with E-state index in [2.05, 4.69) is 5.10 Å². The topological polar surface area (TPSA) is 47.6 Å². The average Bonchev–Trinajstić information content (AvgIpc) is 2.12. The maximum atomic E-state index is 13.2. The zero-order valence-corrected chi connectivity index (χ0v) is 7.63. The number of nitrogens with zero attached hydrogens (tertiary/aromatic N) is 1. The molecule has 2 N–H and O–H groups in total. The highest BCUT2D eigenvalue weighted by Crippen LogP contribution is 2.22. The number of halogens is 2. The van der Waals surface area contributed by atoms with Crippen molar-refractivity contribution in [3.63, 3.8) is 0 Å². The number of hydrogen-bond acceptors (Lipinski definition) is 3. The molecule has 0 heterocycles. The highest BCUT2D eigenvalue weighted by Gasteiger charge is 2.11. The normalized spacial score (nSPS) is 10.8. The second-order valence-electron chi connectivity index (χ2n) is 2.52. The minimum Gasteiger partial charge on any atom is -0.488 e. The van der Waals surface area contributed by atoms with Crippen LogP contribution in [0.15, 0.2) is 17.2 Å². The van der Waals surface area contributed by atoms with E-state index in [1.54, 1.807) is 6.92 Å². The van der Waals surface area contributed by atoms with E-state index in [1.807, 2.05) is 0 Å². The molecular formula is C9H10F2N2O. The second kappa shape index (κ2) is 4.55. The summed E-state index contributed by atoms with van der Waals surface area (Å²) in [6.45, 7) is 1.85. The molecule has 0 aliphatic carbocycles. The quantitative estimate of drug-likeness (QED) is 0.458. The first-order chi connectivity index (χ1) is 6.69. The highest BCUT2D eigenvalue weighted by atomic mass is 19.1. The maximum absolute atomic E-state index is 13.2. The Morgan fingerprint density at radius 2 is 2.00 bits per heavy atom. The first kappa shape index (κ1) is 10.4. The van der Waals surface area contributed by atoms with Gasteiger partial charge in [-0.2, -0.15) is 5.10 Å². The zero-order valence-electron chi connectivity index (χ0n) is 7.63. The Kier molecular flexibility index (Phi) is 3.39. The second-order valence-corrected chi connectivity index (χ2v) is 2.52. The third-order valence-corrected chi connectivity index (χ3v) is 1.53. The summed E-state index contributed by atoms with van der Waals surface area (Å²) in [7, 11) is 0. The molecule has 0 bridgehead atoms. The van der Waals surface area contributed by atoms with Crippen molar-refractivity contribution in [1.82, 2.24) is 0 Å². The lowest BCUT2D eigenvalue weighted by Crippen LogP contribution is -1.99. The van der Waals surface area contributed by atoms with Gasteiger partial charge in [-0.25, -0.2) is 8.78 Å². The van der Waals surface area contributed by atoms with Crippen LogP contribution in [0, 0.1) is 11.6 Å². The first-order valence-corrected chi connectivity index (χ1v) is 4.04. The van der Waals surface area contributed by atoms with Crippen LogP contribution in [0.3, 0.4) is 0 Å². The van der Waals surface area contributed by atoms with Gasteiger partial charge < -0.3 is 10.6 Å². The van der Waals surface area contributed by atoms with Crippen LogP contribution in [-0.4, -0.2) is 12.8 Å². The largest absolute Gasteiger partial charge is 0.488 e. The van der Waals surface area contributed by atoms with Crippen molar-refractivity contribution in [2.45, 2.75) is 6.92 Å². The lowest BCUT2D eigenvalue weighted by Gasteiger charge is -2.06. The molecule has 5 heteroatoms. The number of ether oxygens (including phenoxy) is 1. The Labute approximate surface area is 80.2 Å². The van der Waals surface area contributed by atoms with Gasteiger partial charge in [0.2, 0.25) is 0 Å². The van der Waals surface area contributed by atoms with Gasteiger partial charge in [0.05, 0.1) is 12.8 Å². The molecule has 0 fully saturated rings. The van der Waals surface area contributed by atoms with Gasteiger partial charge in [-0.05, 0) is 19.1 Å². The third kappa shape index (κ3) is 2.18. The van der Waals surface area contributed by atoms with E-state index in [0.29, 0.717) is 0 Å². The van der Waals surface area contributed by atoms with Gasteiger partial charge in [0, 0.05) is 5.56 Å². The molecule has 0 saturated carbocycles. The van der Waals surface area contributed by atoms with Gasteiger partial charge in [-0.15, -0.1) is 0 Å². The van der Waals surface area contributed by atoms with Gasteiger partial charge in [0.15, 0.2) is 17.4 Å². The van der Waals surface area contributed by atoms with Crippen LogP contribution in [0.5, 0.6) is 5.75 Å². The van der Waals surface area contributed by atoms with Crippen molar-refractivity contribution in [3.8, 4) is 5.75 Å². The molecular weight excluding hydrogens is 190 g/mol. The summed E-state index contributed by atoms with van der Waals surface area (Å²) in [4.78, 5) is 0. The third-order valence-electron chi connectivity index (χ3n) is 1.53. The Balaban J connectivity index is 3.11. The number of benzene rings is 1. The van der Waals surface area contributed by atoms with Gasteiger partial charge in [0.1, 0.15) is 0 Å². The summed E-state index contributed by atoms with van der Waals surface area (Å²) in [5.74, 6) is 2.95. The van der Waals surface area contributed by atoms with Gasteiger partial charge in [-0.1, -0.05) is 0 Å². The molecule has 0 saturated heterocycles. The lowest BCUT2D eigenvalue weighted by atomic mass is 10.2. The number of rotatable bonds is 3. The summed E-state index contributed by atoms with van der Waals surface area (Å²) < 4.78 is 31.1. The van der Waals surface area contributed by atoms with Crippen molar-refractivity contribution in [2.24, 2.45) is 10.9 Å². The predicted molar refractivity (Wildman–Crippen MR) is 49.3 cm³/mol. The van der Waals surface area contributed by atoms with E-state index < -0.39 is 11.6 Å². The van der Waals surface area contributed by atoms with Crippen LogP contribution in [0.1, 0.15) is 12.5 Å². The van der Waals surface area contributed by atoms with E-state index in [0.717, 1.165) is 18.3 Å². The molecule has 0 unspecified atom stereocenters. The van der Waals surface area contributed by atoms with Crippen molar-refractivity contribution in [3.05, 3.63) is 29.3 Å². The standard InChI is InChI=1S/C9H10F2N2O/c1-2-14-9-7(10)3-6(5-13-12)4-8(9)11/h3-5H,2,12H2,1H3. The first-order valence-electron chi connectivity index (χ1n) is 4.04. The fraction of sp³-hybridized carbons (Fsp3) is 0.222. The Hall–Kier alpha value is -1.65. The molecule has 0 atom stereocenters. The lowest BCUT2D eigenvalue weighted by molar-refractivity contribution is 0.302. The molecule has 0 amide bonds. The fourth-order valence-corrected chi connectivity index (χ4v) is 1.02. The van der Waals surface area contributed by atoms with Crippen LogP contribution >= 0.6 is 0 Å². The average molecular weight is 200 g/mol. The van der Waals surface area contributed by atoms with Crippen LogP contribution in [0.4, 0.5) is 8.78 Å². The highest BCUT2D eigenvalue weighted by molar-refractivity contribution is 5.79. The molecule has 76 valence electrons. The summed E-state index contributed by atoms with van der Waals surface area (Å²) in [6, 6.07) is 2.20. The van der Waals surface area contributed by atoms with Gasteiger partial charge >= 0.3 is 0 Å². The minimum absolute atomic E-state index is 0.207. The van der Waals surface area contributed by atoms with Crippen LogP contribution < -0.4 is 10.6 Å². The molecule has 0 aromatic heterocycles. The molecule has 3 nitrogen and oxygen atoms in total. The van der Waals surface area contributed by atoms with Crippen molar-refractivity contribution < 1.29 is 13.5 Å². The molecule has 1 aromatic rings. The number of nitrogens with two attached hydrogens (primary N) is 1. The van der Waals surface area contributed by atoms with E-state index in [-0.39, 0.29) is 17.9 Å². The molecule has 0 aliphatic heterocycles. The molecule has 14 heavy (non-hydrogen) atoms. The zero-order chi connectivity index (χ0) is 10.6. The summed E-state index contributed by atoms with van der Waals surface area (Å²) in [5.41, 5.74) is 0.256. The van der Waals surface area contributed by atoms with Crippen molar-refractivity contribution in [2.75, 3.05) is 6.61 Å². The van der Waals surface area contributed by atoms with Crippen LogP contribution in [0.25, 0.3) is 0 Å². The Bertz CT molecular complexity index is 330.